The van der Waals surface area contributed by atoms with Crippen molar-refractivity contribution in [1.82, 2.24) is 4.90 Å². The number of aryl methyl sites for hydroxylation is 1. The van der Waals surface area contributed by atoms with Crippen LogP contribution in [0, 0.1) is 0 Å². The normalized spacial score (nSPS) is 22.1. The molecule has 1 aromatic carbocycles. The summed E-state index contributed by atoms with van der Waals surface area (Å²) in [5, 5.41) is 0. The quantitative estimate of drug-likeness (QED) is 0.905. The lowest BCUT2D eigenvalue weighted by Crippen LogP contribution is -2.48. The van der Waals surface area contributed by atoms with Crippen molar-refractivity contribution >= 4 is 5.91 Å². The van der Waals surface area contributed by atoms with Gasteiger partial charge in [-0.15, -0.1) is 0 Å². The van der Waals surface area contributed by atoms with Gasteiger partial charge in [0, 0.05) is 25.0 Å². The Hall–Kier alpha value is -1.55. The SMILES string of the molecule is CCOc1ccc(CCC(=O)N2CC[C@H](N)C[C@H]2C)cc1. The number of hydrogen-bond acceptors (Lipinski definition) is 3. The molecule has 0 radical (unpaired) electrons. The van der Waals surface area contributed by atoms with Gasteiger partial charge in [-0.25, -0.2) is 0 Å². The fraction of sp³-hybridized carbons (Fsp3) is 0.588. The Labute approximate surface area is 127 Å². The zero-order valence-corrected chi connectivity index (χ0v) is 13.0. The fourth-order valence-electron chi connectivity index (χ4n) is 2.89. The highest BCUT2D eigenvalue weighted by molar-refractivity contribution is 5.76. The number of carbonyl (C=O) groups is 1. The minimum Gasteiger partial charge on any atom is -0.494 e. The molecule has 1 aliphatic heterocycles. The number of hydrogen-bond donors (Lipinski definition) is 1. The predicted octanol–water partition coefficient (Wildman–Crippen LogP) is 2.36. The molecule has 0 aromatic heterocycles. The number of carbonyl (C=O) groups excluding carboxylic acids is 1. The van der Waals surface area contributed by atoms with Crippen molar-refractivity contribution in [3.8, 4) is 5.75 Å². The van der Waals surface area contributed by atoms with Crippen LogP contribution in [0.5, 0.6) is 5.75 Å². The maximum Gasteiger partial charge on any atom is 0.223 e. The molecular weight excluding hydrogens is 264 g/mol. The van der Waals surface area contributed by atoms with E-state index in [4.69, 9.17) is 10.5 Å². The van der Waals surface area contributed by atoms with Crippen molar-refractivity contribution in [2.75, 3.05) is 13.2 Å². The van der Waals surface area contributed by atoms with Crippen LogP contribution in [0.4, 0.5) is 0 Å². The Morgan fingerprint density at radius 3 is 2.71 bits per heavy atom. The molecule has 1 heterocycles. The molecule has 2 rings (SSSR count). The van der Waals surface area contributed by atoms with Crippen LogP contribution in [0.2, 0.25) is 0 Å². The summed E-state index contributed by atoms with van der Waals surface area (Å²) in [6.07, 6.45) is 3.17. The monoisotopic (exact) mass is 290 g/mol. The third kappa shape index (κ3) is 4.46. The number of amides is 1. The van der Waals surface area contributed by atoms with Gasteiger partial charge in [-0.3, -0.25) is 4.79 Å². The number of rotatable bonds is 5. The summed E-state index contributed by atoms with van der Waals surface area (Å²) in [7, 11) is 0. The third-order valence-electron chi connectivity index (χ3n) is 4.10. The summed E-state index contributed by atoms with van der Waals surface area (Å²) < 4.78 is 5.42. The zero-order valence-electron chi connectivity index (χ0n) is 13.0. The molecule has 2 N–H and O–H groups in total. The second-order valence-corrected chi connectivity index (χ2v) is 5.80. The van der Waals surface area contributed by atoms with Crippen LogP contribution in [0.15, 0.2) is 24.3 Å². The molecular formula is C17H26N2O2. The molecule has 0 unspecified atom stereocenters. The summed E-state index contributed by atoms with van der Waals surface area (Å²) >= 11 is 0. The molecule has 2 atom stereocenters. The van der Waals surface area contributed by atoms with Crippen LogP contribution in [0.1, 0.15) is 38.7 Å². The molecule has 0 bridgehead atoms. The summed E-state index contributed by atoms with van der Waals surface area (Å²) in [5.74, 6) is 1.12. The van der Waals surface area contributed by atoms with E-state index in [1.165, 1.54) is 5.56 Å². The Balaban J connectivity index is 1.83. The van der Waals surface area contributed by atoms with E-state index in [9.17, 15) is 4.79 Å². The van der Waals surface area contributed by atoms with Crippen molar-refractivity contribution in [1.29, 1.82) is 0 Å². The lowest BCUT2D eigenvalue weighted by Gasteiger charge is -2.36. The highest BCUT2D eigenvalue weighted by atomic mass is 16.5. The van der Waals surface area contributed by atoms with Crippen LogP contribution in [0.3, 0.4) is 0 Å². The largest absolute Gasteiger partial charge is 0.494 e. The van der Waals surface area contributed by atoms with Crippen molar-refractivity contribution in [3.63, 3.8) is 0 Å². The summed E-state index contributed by atoms with van der Waals surface area (Å²) in [4.78, 5) is 14.3. The van der Waals surface area contributed by atoms with Crippen molar-refractivity contribution in [2.24, 2.45) is 5.73 Å². The number of ether oxygens (including phenoxy) is 1. The first kappa shape index (κ1) is 15.8. The third-order valence-corrected chi connectivity index (χ3v) is 4.10. The summed E-state index contributed by atoms with van der Waals surface area (Å²) in [6, 6.07) is 8.51. The lowest BCUT2D eigenvalue weighted by atomic mass is 9.98. The fourth-order valence-corrected chi connectivity index (χ4v) is 2.89. The Morgan fingerprint density at radius 1 is 1.38 bits per heavy atom. The van der Waals surface area contributed by atoms with E-state index in [2.05, 4.69) is 6.92 Å². The molecule has 4 nitrogen and oxygen atoms in total. The van der Waals surface area contributed by atoms with E-state index in [1.54, 1.807) is 0 Å². The molecule has 0 saturated carbocycles. The first-order chi connectivity index (χ1) is 10.1. The number of piperidine rings is 1. The van der Waals surface area contributed by atoms with Crippen molar-refractivity contribution in [3.05, 3.63) is 29.8 Å². The molecule has 1 fully saturated rings. The van der Waals surface area contributed by atoms with Crippen LogP contribution in [-0.4, -0.2) is 36.0 Å². The van der Waals surface area contributed by atoms with Gasteiger partial charge in [0.25, 0.3) is 0 Å². The van der Waals surface area contributed by atoms with E-state index >= 15 is 0 Å². The molecule has 1 aromatic rings. The lowest BCUT2D eigenvalue weighted by molar-refractivity contribution is -0.134. The summed E-state index contributed by atoms with van der Waals surface area (Å²) in [6.45, 7) is 5.53. The van der Waals surface area contributed by atoms with E-state index < -0.39 is 0 Å². The maximum atomic E-state index is 12.3. The van der Waals surface area contributed by atoms with Crippen molar-refractivity contribution in [2.45, 2.75) is 51.6 Å². The van der Waals surface area contributed by atoms with Gasteiger partial charge in [-0.1, -0.05) is 12.1 Å². The second-order valence-electron chi connectivity index (χ2n) is 5.80. The molecule has 0 aliphatic carbocycles. The van der Waals surface area contributed by atoms with Gasteiger partial charge < -0.3 is 15.4 Å². The van der Waals surface area contributed by atoms with Crippen LogP contribution < -0.4 is 10.5 Å². The average molecular weight is 290 g/mol. The standard InChI is InChI=1S/C17H26N2O2/c1-3-21-16-7-4-14(5-8-16)6-9-17(20)19-11-10-15(18)12-13(19)2/h4-5,7-8,13,15H,3,6,9-12,18H2,1-2H3/t13-,15+/m1/s1. The zero-order chi connectivity index (χ0) is 15.2. The molecule has 21 heavy (non-hydrogen) atoms. The Morgan fingerprint density at radius 2 is 2.10 bits per heavy atom. The van der Waals surface area contributed by atoms with E-state index in [0.29, 0.717) is 13.0 Å². The van der Waals surface area contributed by atoms with Gasteiger partial charge in [0.1, 0.15) is 5.75 Å². The predicted molar refractivity (Wildman–Crippen MR) is 84.3 cm³/mol. The number of benzene rings is 1. The molecule has 0 spiro atoms. The van der Waals surface area contributed by atoms with Gasteiger partial charge in [0.05, 0.1) is 6.61 Å². The van der Waals surface area contributed by atoms with Crippen LogP contribution >= 0.6 is 0 Å². The van der Waals surface area contributed by atoms with Gasteiger partial charge in [0.2, 0.25) is 5.91 Å². The van der Waals surface area contributed by atoms with E-state index in [-0.39, 0.29) is 18.0 Å². The van der Waals surface area contributed by atoms with Gasteiger partial charge in [-0.2, -0.15) is 0 Å². The van der Waals surface area contributed by atoms with Crippen LogP contribution in [0.25, 0.3) is 0 Å². The Kier molecular flexibility index (Phi) is 5.62. The van der Waals surface area contributed by atoms with Crippen molar-refractivity contribution < 1.29 is 9.53 Å². The minimum atomic E-state index is 0.239. The number of nitrogens with two attached hydrogens (primary N) is 1. The minimum absolute atomic E-state index is 0.239. The second kappa shape index (κ2) is 7.46. The molecule has 1 aliphatic rings. The van der Waals surface area contributed by atoms with Gasteiger partial charge in [0.15, 0.2) is 0 Å². The smallest absolute Gasteiger partial charge is 0.223 e. The maximum absolute atomic E-state index is 12.3. The average Bonchev–Trinajstić information content (AvgIpc) is 2.46. The first-order valence-electron chi connectivity index (χ1n) is 7.87. The molecule has 1 amide bonds. The number of nitrogens with zero attached hydrogens (tertiary/aromatic N) is 1. The topological polar surface area (TPSA) is 55.6 Å². The van der Waals surface area contributed by atoms with Crippen LogP contribution in [-0.2, 0) is 11.2 Å². The van der Waals surface area contributed by atoms with Gasteiger partial charge in [-0.05, 0) is 50.8 Å². The first-order valence-corrected chi connectivity index (χ1v) is 7.87. The molecule has 1 saturated heterocycles. The number of likely N-dealkylation sites (tertiary alicyclic amines) is 1. The van der Waals surface area contributed by atoms with Gasteiger partial charge >= 0.3 is 0 Å². The summed E-state index contributed by atoms with van der Waals surface area (Å²) in [5.41, 5.74) is 7.12. The molecule has 4 heteroatoms. The van der Waals surface area contributed by atoms with E-state index in [0.717, 1.165) is 31.6 Å². The highest BCUT2D eigenvalue weighted by Crippen LogP contribution is 2.18. The van der Waals surface area contributed by atoms with E-state index in [1.807, 2.05) is 36.1 Å². The highest BCUT2D eigenvalue weighted by Gasteiger charge is 2.26. The Bertz CT molecular complexity index is 458. The molecule has 116 valence electrons.